The summed E-state index contributed by atoms with van der Waals surface area (Å²) in [5.41, 5.74) is 2.23. The molecule has 0 amide bonds. The van der Waals surface area contributed by atoms with E-state index in [1.54, 1.807) is 0 Å². The fourth-order valence-electron chi connectivity index (χ4n) is 2.14. The molecule has 1 heterocycles. The van der Waals surface area contributed by atoms with Crippen molar-refractivity contribution < 1.29 is 0 Å². The minimum Gasteiger partial charge on any atom is -0.316 e. The summed E-state index contributed by atoms with van der Waals surface area (Å²) in [6.07, 6.45) is 3.08. The number of nitrogens with zero attached hydrogens (tertiary/aromatic N) is 2. The standard InChI is InChI=1S/C14H26ClN3/c1-5-8-16-10-11(4)9-13-14(15)12(6-2)17-18(13)7-3/h11,16H,5-10H2,1-4H3. The summed E-state index contributed by atoms with van der Waals surface area (Å²) in [5, 5.41) is 8.90. The van der Waals surface area contributed by atoms with Gasteiger partial charge in [0.15, 0.2) is 0 Å². The van der Waals surface area contributed by atoms with Gasteiger partial charge in [0.05, 0.1) is 16.4 Å². The molecule has 1 N–H and O–H groups in total. The molecule has 1 atom stereocenters. The van der Waals surface area contributed by atoms with Crippen LogP contribution in [0.15, 0.2) is 0 Å². The molecule has 3 nitrogen and oxygen atoms in total. The molecule has 0 aromatic carbocycles. The van der Waals surface area contributed by atoms with Crippen LogP contribution < -0.4 is 5.32 Å². The molecule has 1 aromatic rings. The number of hydrogen-bond donors (Lipinski definition) is 1. The van der Waals surface area contributed by atoms with Crippen molar-refractivity contribution in [3.63, 3.8) is 0 Å². The average molecular weight is 272 g/mol. The van der Waals surface area contributed by atoms with E-state index in [-0.39, 0.29) is 0 Å². The molecule has 0 bridgehead atoms. The van der Waals surface area contributed by atoms with Crippen LogP contribution in [0.2, 0.25) is 5.02 Å². The quantitative estimate of drug-likeness (QED) is 0.736. The molecule has 0 fully saturated rings. The first kappa shape index (κ1) is 15.5. The predicted molar refractivity (Wildman–Crippen MR) is 78.3 cm³/mol. The molecule has 0 radical (unpaired) electrons. The fourth-order valence-corrected chi connectivity index (χ4v) is 2.49. The van der Waals surface area contributed by atoms with Crippen LogP contribution in [0.4, 0.5) is 0 Å². The van der Waals surface area contributed by atoms with Crippen molar-refractivity contribution in [1.29, 1.82) is 0 Å². The first-order chi connectivity index (χ1) is 8.63. The Morgan fingerprint density at radius 2 is 2.06 bits per heavy atom. The van der Waals surface area contributed by atoms with Crippen LogP contribution >= 0.6 is 11.6 Å². The van der Waals surface area contributed by atoms with Crippen molar-refractivity contribution in [2.75, 3.05) is 13.1 Å². The molecule has 104 valence electrons. The van der Waals surface area contributed by atoms with Crippen molar-refractivity contribution >= 4 is 11.6 Å². The van der Waals surface area contributed by atoms with Crippen LogP contribution in [0, 0.1) is 5.92 Å². The third kappa shape index (κ3) is 3.99. The Hall–Kier alpha value is -0.540. The lowest BCUT2D eigenvalue weighted by Crippen LogP contribution is -2.23. The van der Waals surface area contributed by atoms with Gasteiger partial charge in [-0.25, -0.2) is 0 Å². The number of hydrogen-bond acceptors (Lipinski definition) is 2. The number of nitrogens with one attached hydrogen (secondary N) is 1. The highest BCUT2D eigenvalue weighted by Crippen LogP contribution is 2.24. The van der Waals surface area contributed by atoms with Crippen LogP contribution in [0.5, 0.6) is 0 Å². The zero-order chi connectivity index (χ0) is 13.5. The first-order valence-corrected chi connectivity index (χ1v) is 7.46. The predicted octanol–water partition coefficient (Wildman–Crippen LogP) is 3.30. The van der Waals surface area contributed by atoms with Gasteiger partial charge in [-0.2, -0.15) is 5.10 Å². The van der Waals surface area contributed by atoms with Crippen molar-refractivity contribution in [2.24, 2.45) is 5.92 Å². The van der Waals surface area contributed by atoms with Gasteiger partial charge in [0, 0.05) is 6.54 Å². The number of aromatic nitrogens is 2. The molecule has 0 aliphatic heterocycles. The Balaban J connectivity index is 2.67. The van der Waals surface area contributed by atoms with Gasteiger partial charge in [-0.1, -0.05) is 32.4 Å². The second-order valence-electron chi connectivity index (χ2n) is 4.89. The van der Waals surface area contributed by atoms with E-state index in [9.17, 15) is 0 Å². The van der Waals surface area contributed by atoms with Gasteiger partial charge in [0.25, 0.3) is 0 Å². The molecule has 1 unspecified atom stereocenters. The Bertz CT molecular complexity index is 360. The molecule has 0 saturated heterocycles. The van der Waals surface area contributed by atoms with Crippen molar-refractivity contribution in [2.45, 2.75) is 53.5 Å². The lowest BCUT2D eigenvalue weighted by atomic mass is 10.0. The summed E-state index contributed by atoms with van der Waals surface area (Å²) in [6, 6.07) is 0. The highest BCUT2D eigenvalue weighted by Gasteiger charge is 2.16. The molecular formula is C14H26ClN3. The van der Waals surface area contributed by atoms with Crippen LogP contribution in [0.25, 0.3) is 0 Å². The van der Waals surface area contributed by atoms with E-state index in [1.165, 1.54) is 12.1 Å². The van der Waals surface area contributed by atoms with E-state index >= 15 is 0 Å². The number of halogens is 1. The summed E-state index contributed by atoms with van der Waals surface area (Å²) in [5.74, 6) is 0.584. The molecule has 0 saturated carbocycles. The maximum atomic E-state index is 6.41. The topological polar surface area (TPSA) is 29.9 Å². The lowest BCUT2D eigenvalue weighted by molar-refractivity contribution is 0.487. The highest BCUT2D eigenvalue weighted by atomic mass is 35.5. The normalized spacial score (nSPS) is 12.9. The van der Waals surface area contributed by atoms with Gasteiger partial charge in [0.1, 0.15) is 0 Å². The molecular weight excluding hydrogens is 246 g/mol. The van der Waals surface area contributed by atoms with E-state index in [1.807, 2.05) is 0 Å². The fraction of sp³-hybridized carbons (Fsp3) is 0.786. The Kier molecular flexibility index (Phi) is 6.72. The van der Waals surface area contributed by atoms with Gasteiger partial charge in [0.2, 0.25) is 0 Å². The van der Waals surface area contributed by atoms with Crippen molar-refractivity contribution in [3.8, 4) is 0 Å². The smallest absolute Gasteiger partial charge is 0.0849 e. The van der Waals surface area contributed by atoms with Crippen LogP contribution in [0.1, 0.15) is 45.5 Å². The van der Waals surface area contributed by atoms with Gasteiger partial charge in [-0.05, 0) is 45.2 Å². The summed E-state index contributed by atoms with van der Waals surface area (Å²) in [6.45, 7) is 11.7. The van der Waals surface area contributed by atoms with Gasteiger partial charge < -0.3 is 5.32 Å². The molecule has 18 heavy (non-hydrogen) atoms. The largest absolute Gasteiger partial charge is 0.316 e. The molecule has 0 aliphatic rings. The highest BCUT2D eigenvalue weighted by molar-refractivity contribution is 6.31. The SMILES string of the molecule is CCCNCC(C)Cc1c(Cl)c(CC)nn1CC. The van der Waals surface area contributed by atoms with Crippen LogP contribution in [0.3, 0.4) is 0 Å². The van der Waals surface area contributed by atoms with Crippen LogP contribution in [-0.4, -0.2) is 22.9 Å². The number of aryl methyl sites for hydroxylation is 2. The van der Waals surface area contributed by atoms with Gasteiger partial charge >= 0.3 is 0 Å². The Labute approximate surface area is 116 Å². The van der Waals surface area contributed by atoms with E-state index in [0.717, 1.165) is 43.2 Å². The second kappa shape index (κ2) is 7.80. The zero-order valence-corrected chi connectivity index (χ0v) is 12.8. The van der Waals surface area contributed by atoms with Crippen molar-refractivity contribution in [1.82, 2.24) is 15.1 Å². The number of rotatable bonds is 8. The summed E-state index contributed by atoms with van der Waals surface area (Å²) >= 11 is 6.41. The molecule has 4 heteroatoms. The average Bonchev–Trinajstić information content (AvgIpc) is 2.66. The van der Waals surface area contributed by atoms with Crippen LogP contribution in [-0.2, 0) is 19.4 Å². The minimum atomic E-state index is 0.584. The van der Waals surface area contributed by atoms with E-state index < -0.39 is 0 Å². The maximum absolute atomic E-state index is 6.41. The zero-order valence-electron chi connectivity index (χ0n) is 12.1. The second-order valence-corrected chi connectivity index (χ2v) is 5.27. The molecule has 0 aliphatic carbocycles. The Morgan fingerprint density at radius 3 is 2.61 bits per heavy atom. The van der Waals surface area contributed by atoms with Crippen molar-refractivity contribution in [3.05, 3.63) is 16.4 Å². The maximum Gasteiger partial charge on any atom is 0.0849 e. The third-order valence-corrected chi connectivity index (χ3v) is 3.59. The summed E-state index contributed by atoms with van der Waals surface area (Å²) in [4.78, 5) is 0. The molecule has 0 spiro atoms. The van der Waals surface area contributed by atoms with Gasteiger partial charge in [-0.3, -0.25) is 4.68 Å². The molecule has 1 aromatic heterocycles. The summed E-state index contributed by atoms with van der Waals surface area (Å²) < 4.78 is 2.05. The van der Waals surface area contributed by atoms with Gasteiger partial charge in [-0.15, -0.1) is 0 Å². The van der Waals surface area contributed by atoms with E-state index in [2.05, 4.69) is 42.8 Å². The van der Waals surface area contributed by atoms with E-state index in [4.69, 9.17) is 11.6 Å². The van der Waals surface area contributed by atoms with E-state index in [0.29, 0.717) is 5.92 Å². The Morgan fingerprint density at radius 1 is 1.33 bits per heavy atom. The third-order valence-electron chi connectivity index (χ3n) is 3.16. The summed E-state index contributed by atoms with van der Waals surface area (Å²) in [7, 11) is 0. The minimum absolute atomic E-state index is 0.584. The lowest BCUT2D eigenvalue weighted by Gasteiger charge is -2.13. The first-order valence-electron chi connectivity index (χ1n) is 7.08. The molecule has 1 rings (SSSR count). The monoisotopic (exact) mass is 271 g/mol.